The van der Waals surface area contributed by atoms with Crippen LogP contribution in [0.25, 0.3) is 0 Å². The summed E-state index contributed by atoms with van der Waals surface area (Å²) in [6, 6.07) is 1.01. The van der Waals surface area contributed by atoms with Gasteiger partial charge in [-0.25, -0.2) is 0 Å². The highest BCUT2D eigenvalue weighted by Crippen LogP contribution is 1.60. The van der Waals surface area contributed by atoms with Crippen molar-refractivity contribution in [3.05, 3.63) is 0 Å². The Kier molecular flexibility index (Phi) is 30.6. The minimum absolute atomic E-state index is 0.576. The summed E-state index contributed by atoms with van der Waals surface area (Å²) in [5.41, 5.74) is 0. The van der Waals surface area contributed by atoms with Crippen LogP contribution in [0, 0.1) is 0 Å². The summed E-state index contributed by atoms with van der Waals surface area (Å²) >= 11 is 0. The van der Waals surface area contributed by atoms with Crippen molar-refractivity contribution in [3.63, 3.8) is 0 Å². The summed E-state index contributed by atoms with van der Waals surface area (Å²) in [6.07, 6.45) is 0. The standard InChI is InChI=1S/C2H8OSi.H2O2/c1-2-4-3;1-2/h3H,2,4H2,1H3;1-2H. The maximum absolute atomic E-state index is 8.01. The fraction of sp³-hybridized carbons (Fsp3) is 1.00. The summed E-state index contributed by atoms with van der Waals surface area (Å²) in [5, 5.41) is 12.0. The topological polar surface area (TPSA) is 60.7 Å². The number of hydrogen-bond acceptors (Lipinski definition) is 3. The third-order valence-electron chi connectivity index (χ3n) is 0.224. The van der Waals surface area contributed by atoms with Gasteiger partial charge < -0.3 is 4.80 Å². The quantitative estimate of drug-likeness (QED) is 0.243. The molecule has 0 atom stereocenters. The molecule has 0 saturated carbocycles. The van der Waals surface area contributed by atoms with E-state index in [1.807, 2.05) is 6.92 Å². The van der Waals surface area contributed by atoms with Gasteiger partial charge >= 0.3 is 0 Å². The van der Waals surface area contributed by atoms with Crippen molar-refractivity contribution in [1.29, 1.82) is 0 Å². The highest BCUT2D eigenvalue weighted by atomic mass is 28.2. The Labute approximate surface area is 39.1 Å². The molecular formula is C2H10O3Si. The van der Waals surface area contributed by atoms with E-state index in [4.69, 9.17) is 15.3 Å². The summed E-state index contributed by atoms with van der Waals surface area (Å²) in [6.45, 7) is 1.99. The van der Waals surface area contributed by atoms with Gasteiger partial charge in [-0.05, 0) is 6.04 Å². The molecule has 0 aromatic carbocycles. The van der Waals surface area contributed by atoms with Crippen molar-refractivity contribution in [2.24, 2.45) is 0 Å². The van der Waals surface area contributed by atoms with Crippen LogP contribution >= 0.6 is 0 Å². The predicted molar refractivity (Wildman–Crippen MR) is 26.5 cm³/mol. The van der Waals surface area contributed by atoms with Crippen molar-refractivity contribution in [1.82, 2.24) is 0 Å². The first-order valence-electron chi connectivity index (χ1n) is 1.72. The molecule has 0 fully saturated rings. The SMILES string of the molecule is CC[SiH2]O.OO. The molecular weight excluding hydrogens is 100 g/mol. The van der Waals surface area contributed by atoms with E-state index in [0.717, 1.165) is 6.04 Å². The lowest BCUT2D eigenvalue weighted by Gasteiger charge is -1.66. The summed E-state index contributed by atoms with van der Waals surface area (Å²) in [4.78, 5) is 8.01. The average molecular weight is 110 g/mol. The summed E-state index contributed by atoms with van der Waals surface area (Å²) < 4.78 is 0. The van der Waals surface area contributed by atoms with Crippen LogP contribution in [-0.2, 0) is 0 Å². The van der Waals surface area contributed by atoms with Crippen LogP contribution in [0.1, 0.15) is 6.92 Å². The van der Waals surface area contributed by atoms with E-state index in [1.54, 1.807) is 0 Å². The van der Waals surface area contributed by atoms with Crippen LogP contribution in [0.5, 0.6) is 0 Å². The second kappa shape index (κ2) is 19.5. The van der Waals surface area contributed by atoms with Gasteiger partial charge in [0, 0.05) is 0 Å². The zero-order valence-electron chi connectivity index (χ0n) is 3.76. The van der Waals surface area contributed by atoms with E-state index in [9.17, 15) is 0 Å². The zero-order valence-corrected chi connectivity index (χ0v) is 5.17. The second-order valence-electron chi connectivity index (χ2n) is 0.724. The molecule has 6 heavy (non-hydrogen) atoms. The van der Waals surface area contributed by atoms with Crippen LogP contribution in [0.4, 0.5) is 0 Å². The molecule has 0 aliphatic carbocycles. The Morgan fingerprint density at radius 3 is 1.67 bits per heavy atom. The Hall–Kier alpha value is 0.0969. The fourth-order valence-electron chi connectivity index (χ4n) is 0. The van der Waals surface area contributed by atoms with Crippen molar-refractivity contribution in [2.75, 3.05) is 0 Å². The minimum atomic E-state index is -0.576. The predicted octanol–water partition coefficient (Wildman–Crippen LogP) is -0.482. The lowest BCUT2D eigenvalue weighted by molar-refractivity contribution is -0.176. The highest BCUT2D eigenvalue weighted by molar-refractivity contribution is 6.24. The van der Waals surface area contributed by atoms with Gasteiger partial charge in [0.1, 0.15) is 0 Å². The maximum Gasteiger partial charge on any atom is 0.156 e. The van der Waals surface area contributed by atoms with Crippen molar-refractivity contribution < 1.29 is 15.3 Å². The molecule has 4 heteroatoms. The highest BCUT2D eigenvalue weighted by Gasteiger charge is 1.60. The molecule has 0 radical (unpaired) electrons. The van der Waals surface area contributed by atoms with Gasteiger partial charge in [-0.2, -0.15) is 0 Å². The third kappa shape index (κ3) is 32.7. The molecule has 0 aromatic rings. The lowest BCUT2D eigenvalue weighted by Crippen LogP contribution is -1.75. The van der Waals surface area contributed by atoms with Crippen LogP contribution in [0.15, 0.2) is 0 Å². The van der Waals surface area contributed by atoms with E-state index < -0.39 is 9.76 Å². The van der Waals surface area contributed by atoms with E-state index >= 15 is 0 Å². The average Bonchev–Trinajstić information content (AvgIpc) is 1.72. The molecule has 40 valence electrons. The van der Waals surface area contributed by atoms with E-state index in [-0.39, 0.29) is 0 Å². The van der Waals surface area contributed by atoms with E-state index in [2.05, 4.69) is 0 Å². The first kappa shape index (κ1) is 9.44. The molecule has 0 bridgehead atoms. The Balaban J connectivity index is 0. The van der Waals surface area contributed by atoms with Gasteiger partial charge in [0.05, 0.1) is 0 Å². The van der Waals surface area contributed by atoms with E-state index in [1.165, 1.54) is 0 Å². The van der Waals surface area contributed by atoms with Gasteiger partial charge in [-0.1, -0.05) is 6.92 Å². The van der Waals surface area contributed by atoms with Crippen LogP contribution < -0.4 is 0 Å². The minimum Gasteiger partial charge on any atom is -0.438 e. The zero-order chi connectivity index (χ0) is 5.41. The van der Waals surface area contributed by atoms with Gasteiger partial charge in [-0.3, -0.25) is 10.5 Å². The van der Waals surface area contributed by atoms with Crippen molar-refractivity contribution in [3.8, 4) is 0 Å². The molecule has 0 amide bonds. The third-order valence-corrected chi connectivity index (χ3v) is 0.671. The largest absolute Gasteiger partial charge is 0.438 e. The maximum atomic E-state index is 8.01. The molecule has 0 aliphatic heterocycles. The van der Waals surface area contributed by atoms with Gasteiger partial charge in [0.25, 0.3) is 0 Å². The number of hydrogen-bond donors (Lipinski definition) is 3. The molecule has 0 heterocycles. The fourth-order valence-corrected chi connectivity index (χ4v) is 0. The van der Waals surface area contributed by atoms with E-state index in [0.29, 0.717) is 0 Å². The number of rotatable bonds is 1. The first-order valence-corrected chi connectivity index (χ1v) is 3.36. The monoisotopic (exact) mass is 110 g/mol. The smallest absolute Gasteiger partial charge is 0.156 e. The first-order chi connectivity index (χ1) is 2.91. The molecule has 0 aliphatic rings. The molecule has 0 aromatic heterocycles. The molecule has 0 rings (SSSR count). The molecule has 0 spiro atoms. The Morgan fingerprint density at radius 1 is 1.50 bits per heavy atom. The molecule has 3 N–H and O–H groups in total. The van der Waals surface area contributed by atoms with Crippen LogP contribution in [0.3, 0.4) is 0 Å². The lowest BCUT2D eigenvalue weighted by atomic mass is 11.0. The second-order valence-corrected chi connectivity index (χ2v) is 2.17. The van der Waals surface area contributed by atoms with Gasteiger partial charge in [-0.15, -0.1) is 0 Å². The normalized spacial score (nSPS) is 8.00. The molecule has 0 unspecified atom stereocenters. The summed E-state index contributed by atoms with van der Waals surface area (Å²) in [5.74, 6) is 0. The van der Waals surface area contributed by atoms with Crippen LogP contribution in [-0.4, -0.2) is 25.1 Å². The van der Waals surface area contributed by atoms with Crippen LogP contribution in [0.2, 0.25) is 6.04 Å². The van der Waals surface area contributed by atoms with Gasteiger partial charge in [0.15, 0.2) is 9.76 Å². The van der Waals surface area contributed by atoms with Gasteiger partial charge in [0.2, 0.25) is 0 Å². The Morgan fingerprint density at radius 2 is 1.67 bits per heavy atom. The Bertz CT molecular complexity index is 10.8. The summed E-state index contributed by atoms with van der Waals surface area (Å²) in [7, 11) is -0.576. The van der Waals surface area contributed by atoms with Crippen molar-refractivity contribution in [2.45, 2.75) is 13.0 Å². The molecule has 3 nitrogen and oxygen atoms in total. The van der Waals surface area contributed by atoms with Crippen molar-refractivity contribution >= 4 is 9.76 Å². The molecule has 0 saturated heterocycles.